The summed E-state index contributed by atoms with van der Waals surface area (Å²) in [5.74, 6) is 0. The second-order valence-electron chi connectivity index (χ2n) is 4.54. The maximum absolute atomic E-state index is 10.9. The first kappa shape index (κ1) is 16.1. The van der Waals surface area contributed by atoms with Gasteiger partial charge in [0.1, 0.15) is 29.9 Å². The average molecular weight is 317 g/mol. The highest BCUT2D eigenvalue weighted by molar-refractivity contribution is 8.00. The molecule has 4 N–H and O–H groups in total. The molecule has 0 aliphatic carbocycles. The molecule has 1 aromatic carbocycles. The van der Waals surface area contributed by atoms with Crippen molar-refractivity contribution in [2.45, 2.75) is 34.7 Å². The van der Waals surface area contributed by atoms with E-state index in [1.165, 1.54) is 18.2 Å². The number of thioether (sulfide) groups is 1. The van der Waals surface area contributed by atoms with Crippen LogP contribution in [0.1, 0.15) is 0 Å². The van der Waals surface area contributed by atoms with Crippen LogP contribution >= 0.6 is 11.8 Å². The summed E-state index contributed by atoms with van der Waals surface area (Å²) < 4.78 is 5.30. The SMILES string of the molecule is O=[N+]([O-])c1ccccc1S[C@@H]1O[C@H](CO)[C@H](O)[C@@H](O)[C@H]1O. The zero-order valence-electron chi connectivity index (χ0n) is 10.8. The fourth-order valence-electron chi connectivity index (χ4n) is 2.00. The molecule has 8 nitrogen and oxygen atoms in total. The van der Waals surface area contributed by atoms with Crippen molar-refractivity contribution in [2.24, 2.45) is 0 Å². The lowest BCUT2D eigenvalue weighted by molar-refractivity contribution is -0.387. The minimum Gasteiger partial charge on any atom is -0.394 e. The minimum atomic E-state index is -1.50. The quantitative estimate of drug-likeness (QED) is 0.431. The molecule has 0 radical (unpaired) electrons. The van der Waals surface area contributed by atoms with E-state index >= 15 is 0 Å². The third-order valence-corrected chi connectivity index (χ3v) is 4.37. The van der Waals surface area contributed by atoms with Gasteiger partial charge in [-0.15, -0.1) is 0 Å². The Kier molecular flexibility index (Phi) is 5.14. The Labute approximate surface area is 124 Å². The van der Waals surface area contributed by atoms with Gasteiger partial charge in [-0.05, 0) is 6.07 Å². The standard InChI is InChI=1S/C12H15NO7S/c14-5-7-9(15)10(16)11(17)12(20-7)21-8-4-2-1-3-6(8)13(18)19/h1-4,7,9-12,14-17H,5H2/t7-,9+,10-,11-,12+/m1/s1. The van der Waals surface area contributed by atoms with Crippen LogP contribution < -0.4 is 0 Å². The summed E-state index contributed by atoms with van der Waals surface area (Å²) in [5, 5.41) is 49.3. The van der Waals surface area contributed by atoms with Crippen LogP contribution in [0.4, 0.5) is 5.69 Å². The van der Waals surface area contributed by atoms with Gasteiger partial charge in [-0.25, -0.2) is 0 Å². The molecule has 1 saturated heterocycles. The molecule has 9 heteroatoms. The lowest BCUT2D eigenvalue weighted by Gasteiger charge is -2.39. The van der Waals surface area contributed by atoms with Crippen molar-refractivity contribution in [3.63, 3.8) is 0 Å². The first-order valence-corrected chi connectivity index (χ1v) is 7.04. The largest absolute Gasteiger partial charge is 0.394 e. The van der Waals surface area contributed by atoms with Crippen molar-refractivity contribution in [2.75, 3.05) is 6.61 Å². The van der Waals surface area contributed by atoms with E-state index < -0.39 is 41.4 Å². The second kappa shape index (κ2) is 6.69. The molecule has 1 fully saturated rings. The number of para-hydroxylation sites is 1. The molecule has 5 atom stereocenters. The van der Waals surface area contributed by atoms with Crippen LogP contribution in [0, 0.1) is 10.1 Å². The molecular formula is C12H15NO7S. The highest BCUT2D eigenvalue weighted by Gasteiger charge is 2.44. The van der Waals surface area contributed by atoms with E-state index in [0.29, 0.717) is 0 Å². The summed E-state index contributed by atoms with van der Waals surface area (Å²) in [6, 6.07) is 5.91. The molecule has 0 spiro atoms. The minimum absolute atomic E-state index is 0.153. The van der Waals surface area contributed by atoms with Crippen LogP contribution in [0.3, 0.4) is 0 Å². The first-order valence-electron chi connectivity index (χ1n) is 6.16. The zero-order valence-corrected chi connectivity index (χ0v) is 11.6. The molecule has 1 aliphatic heterocycles. The summed E-state index contributed by atoms with van der Waals surface area (Å²) in [5.41, 5.74) is -1.19. The number of nitro groups is 1. The highest BCUT2D eigenvalue weighted by atomic mass is 32.2. The maximum Gasteiger partial charge on any atom is 0.282 e. The van der Waals surface area contributed by atoms with Crippen LogP contribution in [0.15, 0.2) is 29.2 Å². The number of ether oxygens (including phenoxy) is 1. The summed E-state index contributed by atoms with van der Waals surface area (Å²) in [6.45, 7) is -0.543. The topological polar surface area (TPSA) is 133 Å². The van der Waals surface area contributed by atoms with Gasteiger partial charge in [-0.3, -0.25) is 10.1 Å². The van der Waals surface area contributed by atoms with Gasteiger partial charge in [0.2, 0.25) is 0 Å². The molecule has 1 aromatic rings. The molecule has 0 bridgehead atoms. The number of hydrogen-bond acceptors (Lipinski definition) is 8. The number of benzene rings is 1. The van der Waals surface area contributed by atoms with Crippen LogP contribution in [-0.2, 0) is 4.74 Å². The lowest BCUT2D eigenvalue weighted by Crippen LogP contribution is -2.57. The third kappa shape index (κ3) is 3.34. The Morgan fingerprint density at radius 2 is 1.86 bits per heavy atom. The van der Waals surface area contributed by atoms with E-state index in [9.17, 15) is 25.4 Å². The van der Waals surface area contributed by atoms with E-state index in [-0.39, 0.29) is 10.6 Å². The molecule has 1 heterocycles. The van der Waals surface area contributed by atoms with E-state index in [2.05, 4.69) is 0 Å². The lowest BCUT2D eigenvalue weighted by atomic mass is 10.0. The Hall–Kier alpha value is -1.23. The molecule has 1 aliphatic rings. The molecular weight excluding hydrogens is 302 g/mol. The van der Waals surface area contributed by atoms with Gasteiger partial charge in [0.05, 0.1) is 16.4 Å². The van der Waals surface area contributed by atoms with E-state index in [1.54, 1.807) is 6.07 Å². The normalized spacial score (nSPS) is 32.9. The number of hydrogen-bond donors (Lipinski definition) is 4. The predicted octanol–water partition coefficient (Wildman–Crippen LogP) is -0.513. The first-order chi connectivity index (χ1) is 9.95. The van der Waals surface area contributed by atoms with Gasteiger partial charge in [0, 0.05) is 6.07 Å². The van der Waals surface area contributed by atoms with Crippen LogP contribution in [0.5, 0.6) is 0 Å². The van der Waals surface area contributed by atoms with Crippen molar-refractivity contribution in [1.29, 1.82) is 0 Å². The highest BCUT2D eigenvalue weighted by Crippen LogP contribution is 2.37. The smallest absolute Gasteiger partial charge is 0.282 e. The van der Waals surface area contributed by atoms with E-state index in [0.717, 1.165) is 11.8 Å². The van der Waals surface area contributed by atoms with E-state index in [4.69, 9.17) is 9.84 Å². The molecule has 2 rings (SSSR count). The van der Waals surface area contributed by atoms with Crippen LogP contribution in [-0.4, -0.2) is 61.8 Å². The summed E-state index contributed by atoms with van der Waals surface area (Å²) in [4.78, 5) is 10.6. The van der Waals surface area contributed by atoms with Gasteiger partial charge < -0.3 is 25.2 Å². The number of nitro benzene ring substituents is 1. The molecule has 0 unspecified atom stereocenters. The number of nitrogens with zero attached hydrogens (tertiary/aromatic N) is 1. The number of aliphatic hydroxyl groups is 4. The van der Waals surface area contributed by atoms with Crippen LogP contribution in [0.2, 0.25) is 0 Å². The average Bonchev–Trinajstić information content (AvgIpc) is 2.48. The fraction of sp³-hybridized carbons (Fsp3) is 0.500. The van der Waals surface area contributed by atoms with Gasteiger partial charge in [-0.1, -0.05) is 23.9 Å². The van der Waals surface area contributed by atoms with Crippen molar-refractivity contribution >= 4 is 17.4 Å². The number of rotatable bonds is 4. The predicted molar refractivity (Wildman–Crippen MR) is 72.7 cm³/mol. The summed E-state index contributed by atoms with van der Waals surface area (Å²) in [6.07, 6.45) is -5.43. The number of aliphatic hydroxyl groups excluding tert-OH is 4. The Balaban J connectivity index is 2.20. The van der Waals surface area contributed by atoms with Gasteiger partial charge in [-0.2, -0.15) is 0 Å². The van der Waals surface area contributed by atoms with Gasteiger partial charge >= 0.3 is 0 Å². The Morgan fingerprint density at radius 3 is 2.48 bits per heavy atom. The van der Waals surface area contributed by atoms with Crippen molar-refractivity contribution < 1.29 is 30.1 Å². The fourth-order valence-corrected chi connectivity index (χ4v) is 3.17. The zero-order chi connectivity index (χ0) is 15.6. The molecule has 0 amide bonds. The third-order valence-electron chi connectivity index (χ3n) is 3.15. The summed E-state index contributed by atoms with van der Waals surface area (Å²) >= 11 is 0.856. The molecule has 21 heavy (non-hydrogen) atoms. The monoisotopic (exact) mass is 317 g/mol. The van der Waals surface area contributed by atoms with E-state index in [1.807, 2.05) is 0 Å². The second-order valence-corrected chi connectivity index (χ2v) is 5.68. The maximum atomic E-state index is 10.9. The van der Waals surface area contributed by atoms with Crippen molar-refractivity contribution in [3.8, 4) is 0 Å². The molecule has 0 aromatic heterocycles. The van der Waals surface area contributed by atoms with Gasteiger partial charge in [0.15, 0.2) is 0 Å². The van der Waals surface area contributed by atoms with Crippen molar-refractivity contribution in [1.82, 2.24) is 0 Å². The summed E-state index contributed by atoms with van der Waals surface area (Å²) in [7, 11) is 0. The van der Waals surface area contributed by atoms with Crippen LogP contribution in [0.25, 0.3) is 0 Å². The van der Waals surface area contributed by atoms with Crippen molar-refractivity contribution in [3.05, 3.63) is 34.4 Å². The Morgan fingerprint density at radius 1 is 1.19 bits per heavy atom. The van der Waals surface area contributed by atoms with Gasteiger partial charge in [0.25, 0.3) is 5.69 Å². The molecule has 116 valence electrons. The Bertz CT molecular complexity index is 512. The molecule has 0 saturated carbocycles.